The van der Waals surface area contributed by atoms with Crippen molar-refractivity contribution in [2.45, 2.75) is 25.5 Å². The summed E-state index contributed by atoms with van der Waals surface area (Å²) in [6.45, 7) is 3.02. The number of fused-ring (bicyclic) bond motifs is 3. The number of nitrogens with zero attached hydrogens (tertiary/aromatic N) is 2. The molecule has 4 heterocycles. The molecule has 5 rings (SSSR count). The van der Waals surface area contributed by atoms with Crippen molar-refractivity contribution in [1.29, 1.82) is 0 Å². The Morgan fingerprint density at radius 1 is 1.19 bits per heavy atom. The van der Waals surface area contributed by atoms with Crippen LogP contribution in [0.2, 0.25) is 10.0 Å². The summed E-state index contributed by atoms with van der Waals surface area (Å²) in [5, 5.41) is 13.1. The van der Waals surface area contributed by atoms with Gasteiger partial charge in [-0.25, -0.2) is 5.48 Å². The van der Waals surface area contributed by atoms with Gasteiger partial charge in [0.2, 0.25) is 0 Å². The summed E-state index contributed by atoms with van der Waals surface area (Å²) in [4.78, 5) is 27.7. The minimum atomic E-state index is -0.762. The van der Waals surface area contributed by atoms with Crippen LogP contribution in [0, 0.1) is 5.92 Å². The lowest BCUT2D eigenvalue weighted by molar-refractivity contribution is 0.0613. The Bertz CT molecular complexity index is 1000. The van der Waals surface area contributed by atoms with Gasteiger partial charge in [0.15, 0.2) is 5.75 Å². The molecule has 3 aliphatic heterocycles. The number of carbonyl (C=O) groups excluding carboxylic acids is 2. The maximum atomic E-state index is 13.2. The largest absolute Gasteiger partial charge is 0.486 e. The summed E-state index contributed by atoms with van der Waals surface area (Å²) < 4.78 is 7.43. The van der Waals surface area contributed by atoms with E-state index in [9.17, 15) is 9.59 Å². The second-order valence-corrected chi connectivity index (χ2v) is 8.84. The van der Waals surface area contributed by atoms with Crippen molar-refractivity contribution in [1.82, 2.24) is 20.3 Å². The summed E-state index contributed by atoms with van der Waals surface area (Å²) in [6.07, 6.45) is 3.59. The number of hydrogen-bond donors (Lipinski definition) is 3. The quantitative estimate of drug-likeness (QED) is 0.449. The number of aromatic nitrogens is 1. The zero-order valence-electron chi connectivity index (χ0n) is 17.0. The highest BCUT2D eigenvalue weighted by Crippen LogP contribution is 2.31. The van der Waals surface area contributed by atoms with E-state index in [1.54, 1.807) is 30.7 Å². The first-order chi connectivity index (χ1) is 14.9. The summed E-state index contributed by atoms with van der Waals surface area (Å²) in [5.74, 6) is -0.530. The van der Waals surface area contributed by atoms with Crippen LogP contribution in [0.25, 0.3) is 0 Å². The fraction of sp³-hybridized carbons (Fsp3) is 0.429. The molecule has 0 aliphatic carbocycles. The van der Waals surface area contributed by atoms with E-state index in [1.807, 2.05) is 0 Å². The van der Waals surface area contributed by atoms with Gasteiger partial charge in [0.05, 0.1) is 10.0 Å². The second-order valence-electron chi connectivity index (χ2n) is 8.03. The van der Waals surface area contributed by atoms with Gasteiger partial charge in [-0.15, -0.1) is 0 Å². The van der Waals surface area contributed by atoms with Crippen LogP contribution in [-0.4, -0.2) is 52.2 Å². The van der Waals surface area contributed by atoms with Crippen molar-refractivity contribution < 1.29 is 19.5 Å². The van der Waals surface area contributed by atoms with E-state index in [0.717, 1.165) is 38.0 Å². The van der Waals surface area contributed by atoms with Crippen molar-refractivity contribution in [2.24, 2.45) is 13.0 Å². The Morgan fingerprint density at radius 3 is 2.55 bits per heavy atom. The molecular formula is C21H24Cl2N4O4. The van der Waals surface area contributed by atoms with Gasteiger partial charge < -0.3 is 19.5 Å². The van der Waals surface area contributed by atoms with E-state index >= 15 is 0 Å². The zero-order valence-corrected chi connectivity index (χ0v) is 18.5. The molecule has 1 atom stereocenters. The molecule has 2 bridgehead atoms. The predicted octanol–water partition coefficient (Wildman–Crippen LogP) is 2.85. The van der Waals surface area contributed by atoms with Gasteiger partial charge >= 0.3 is 0 Å². The van der Waals surface area contributed by atoms with Gasteiger partial charge in [0, 0.05) is 25.8 Å². The monoisotopic (exact) mass is 466 g/mol. The number of amides is 2. The van der Waals surface area contributed by atoms with Crippen LogP contribution < -0.4 is 15.5 Å². The number of hydrogen-bond acceptors (Lipinski definition) is 5. The van der Waals surface area contributed by atoms with E-state index in [-0.39, 0.29) is 35.6 Å². The number of piperidine rings is 3. The highest BCUT2D eigenvalue weighted by molar-refractivity contribution is 6.42. The second kappa shape index (κ2) is 9.08. The smallest absolute Gasteiger partial charge is 0.279 e. The average Bonchev–Trinajstić information content (AvgIpc) is 3.11. The third kappa shape index (κ3) is 4.52. The molecule has 1 aromatic carbocycles. The average molecular weight is 467 g/mol. The third-order valence-corrected chi connectivity index (χ3v) is 6.78. The predicted molar refractivity (Wildman–Crippen MR) is 116 cm³/mol. The number of hydroxylamine groups is 1. The van der Waals surface area contributed by atoms with Gasteiger partial charge in [0.1, 0.15) is 17.9 Å². The molecule has 1 unspecified atom stereocenters. The number of ether oxygens (including phenoxy) is 1. The van der Waals surface area contributed by atoms with Gasteiger partial charge in [-0.05, 0) is 49.5 Å². The minimum absolute atomic E-state index is 0.0583. The van der Waals surface area contributed by atoms with Crippen LogP contribution >= 0.6 is 23.2 Å². The molecule has 166 valence electrons. The summed E-state index contributed by atoms with van der Waals surface area (Å²) >= 11 is 12.0. The minimum Gasteiger partial charge on any atom is -0.486 e. The number of halogens is 2. The number of nitrogens with one attached hydrogen (secondary N) is 2. The number of rotatable bonds is 6. The molecular weight excluding hydrogens is 443 g/mol. The van der Waals surface area contributed by atoms with Gasteiger partial charge in [-0.2, -0.15) is 0 Å². The Hall–Kier alpha value is -2.26. The Kier molecular flexibility index (Phi) is 6.43. The first kappa shape index (κ1) is 22.0. The molecule has 3 aliphatic rings. The number of benzene rings is 1. The molecule has 2 aromatic rings. The van der Waals surface area contributed by atoms with E-state index < -0.39 is 5.91 Å². The van der Waals surface area contributed by atoms with Crippen molar-refractivity contribution in [2.75, 3.05) is 19.6 Å². The normalized spacial score (nSPS) is 22.3. The van der Waals surface area contributed by atoms with Gasteiger partial charge in [-0.1, -0.05) is 29.3 Å². The first-order valence-electron chi connectivity index (χ1n) is 10.1. The molecule has 0 saturated carbocycles. The molecule has 2 amide bonds. The zero-order chi connectivity index (χ0) is 22.1. The maximum absolute atomic E-state index is 13.2. The molecule has 8 nitrogen and oxygen atoms in total. The molecule has 1 aromatic heterocycles. The van der Waals surface area contributed by atoms with Crippen molar-refractivity contribution in [3.8, 4) is 5.75 Å². The van der Waals surface area contributed by atoms with Crippen LogP contribution in [0.3, 0.4) is 0 Å². The topological polar surface area (TPSA) is 95.8 Å². The van der Waals surface area contributed by atoms with Gasteiger partial charge in [0.25, 0.3) is 11.8 Å². The van der Waals surface area contributed by atoms with E-state index in [2.05, 4.69) is 10.2 Å². The van der Waals surface area contributed by atoms with E-state index in [1.165, 1.54) is 10.8 Å². The SMILES string of the molecule is Cn1cc(C(=O)NO)c(OCc2ccc(Cl)c(Cl)c2)c1C(=O)NC1CN2CCC1CC2. The molecule has 3 fully saturated rings. The Balaban J connectivity index is 1.58. The molecule has 0 spiro atoms. The van der Waals surface area contributed by atoms with Crippen LogP contribution in [0.5, 0.6) is 5.75 Å². The van der Waals surface area contributed by atoms with Crippen LogP contribution in [-0.2, 0) is 13.7 Å². The van der Waals surface area contributed by atoms with Crippen LogP contribution in [0.1, 0.15) is 39.3 Å². The first-order valence-corrected chi connectivity index (χ1v) is 10.9. The Morgan fingerprint density at radius 2 is 1.94 bits per heavy atom. The van der Waals surface area contributed by atoms with Crippen molar-refractivity contribution >= 4 is 35.0 Å². The standard InChI is InChI=1S/C21H24Cl2N4O4/c1-26-9-14(20(28)25-30)19(31-11-12-2-3-15(22)16(23)8-12)18(26)21(29)24-17-10-27-6-4-13(17)5-7-27/h2-3,8-9,13,17,30H,4-7,10-11H2,1H3,(H,24,29)(H,25,28). The van der Waals surface area contributed by atoms with E-state index in [4.69, 9.17) is 33.1 Å². The van der Waals surface area contributed by atoms with E-state index in [0.29, 0.717) is 16.0 Å². The molecule has 3 saturated heterocycles. The molecule has 31 heavy (non-hydrogen) atoms. The fourth-order valence-corrected chi connectivity index (χ4v) is 4.71. The molecule has 10 heteroatoms. The fourth-order valence-electron chi connectivity index (χ4n) is 4.39. The Labute approximate surface area is 190 Å². The summed E-state index contributed by atoms with van der Waals surface area (Å²) in [6, 6.07) is 5.11. The van der Waals surface area contributed by atoms with Crippen molar-refractivity contribution in [3.05, 3.63) is 51.3 Å². The number of aryl methyl sites for hydroxylation is 1. The highest BCUT2D eigenvalue weighted by atomic mass is 35.5. The van der Waals surface area contributed by atoms with Gasteiger partial charge in [-0.3, -0.25) is 14.8 Å². The van der Waals surface area contributed by atoms with Crippen LogP contribution in [0.4, 0.5) is 0 Å². The maximum Gasteiger partial charge on any atom is 0.279 e. The van der Waals surface area contributed by atoms with Crippen molar-refractivity contribution in [3.63, 3.8) is 0 Å². The lowest BCUT2D eigenvalue weighted by Gasteiger charge is -2.44. The highest BCUT2D eigenvalue weighted by Gasteiger charge is 2.36. The lowest BCUT2D eigenvalue weighted by atomic mass is 9.84. The summed E-state index contributed by atoms with van der Waals surface area (Å²) in [7, 11) is 1.66. The lowest BCUT2D eigenvalue weighted by Crippen LogP contribution is -2.57. The van der Waals surface area contributed by atoms with Crippen LogP contribution in [0.15, 0.2) is 24.4 Å². The molecule has 0 radical (unpaired) electrons. The third-order valence-electron chi connectivity index (χ3n) is 6.04. The molecule has 3 N–H and O–H groups in total. The number of carbonyl (C=O) groups is 2. The summed E-state index contributed by atoms with van der Waals surface area (Å²) in [5.41, 5.74) is 2.61.